The summed E-state index contributed by atoms with van der Waals surface area (Å²) in [6.45, 7) is 4.44. The molecule has 4 N–H and O–H groups in total. The fraction of sp³-hybridized carbons (Fsp3) is 0.407. The number of benzene rings is 2. The van der Waals surface area contributed by atoms with Crippen molar-refractivity contribution in [2.24, 2.45) is 0 Å². The van der Waals surface area contributed by atoms with Gasteiger partial charge in [0.1, 0.15) is 17.7 Å². The average molecular weight is 514 g/mol. The molecule has 0 fully saturated rings. The molecule has 2 rings (SSSR count). The predicted octanol–water partition coefficient (Wildman–Crippen LogP) is 1.50. The SMILES string of the molecule is COC(=O)C(CO)NC(=O)C(Cc1ccccc1)NC(=O)C(Cc1ccccc1)NC(=O)OC(C)(C)C. The van der Waals surface area contributed by atoms with E-state index in [1.54, 1.807) is 45.0 Å². The molecule has 0 bridgehead atoms. The van der Waals surface area contributed by atoms with Crippen molar-refractivity contribution in [3.8, 4) is 0 Å². The molecule has 0 radical (unpaired) electrons. The lowest BCUT2D eigenvalue weighted by Crippen LogP contribution is -2.57. The van der Waals surface area contributed by atoms with E-state index in [4.69, 9.17) is 4.74 Å². The van der Waals surface area contributed by atoms with Gasteiger partial charge in [-0.15, -0.1) is 0 Å². The van der Waals surface area contributed by atoms with Crippen molar-refractivity contribution in [3.05, 3.63) is 71.8 Å². The fourth-order valence-corrected chi connectivity index (χ4v) is 3.43. The maximum atomic E-state index is 13.4. The largest absolute Gasteiger partial charge is 0.467 e. The Kier molecular flexibility index (Phi) is 11.1. The molecule has 200 valence electrons. The van der Waals surface area contributed by atoms with E-state index >= 15 is 0 Å². The highest BCUT2D eigenvalue weighted by Crippen LogP contribution is 2.10. The van der Waals surface area contributed by atoms with Gasteiger partial charge < -0.3 is 30.5 Å². The number of aliphatic hydroxyl groups is 1. The van der Waals surface area contributed by atoms with E-state index in [2.05, 4.69) is 20.7 Å². The standard InChI is InChI=1S/C27H35N3O7/c1-27(2,3)37-26(35)30-21(16-19-13-9-6-10-14-19)24(33)28-20(15-18-11-7-5-8-12-18)23(32)29-22(17-31)25(34)36-4/h5-14,20-22,31H,15-17H2,1-4H3,(H,28,33)(H,29,32)(H,30,35). The zero-order chi connectivity index (χ0) is 27.4. The second kappa shape index (κ2) is 14.0. The summed E-state index contributed by atoms with van der Waals surface area (Å²) >= 11 is 0. The van der Waals surface area contributed by atoms with Gasteiger partial charge in [0.05, 0.1) is 13.7 Å². The molecule has 10 heteroatoms. The minimum Gasteiger partial charge on any atom is -0.467 e. The summed E-state index contributed by atoms with van der Waals surface area (Å²) < 4.78 is 9.93. The van der Waals surface area contributed by atoms with Crippen LogP contribution < -0.4 is 16.0 Å². The third-order valence-corrected chi connectivity index (χ3v) is 5.19. The molecule has 0 heterocycles. The second-order valence-electron chi connectivity index (χ2n) is 9.41. The van der Waals surface area contributed by atoms with Crippen molar-refractivity contribution in [2.45, 2.75) is 57.3 Å². The first-order valence-electron chi connectivity index (χ1n) is 11.9. The summed E-state index contributed by atoms with van der Waals surface area (Å²) in [6, 6.07) is 14.6. The Morgan fingerprint density at radius 1 is 0.757 bits per heavy atom. The van der Waals surface area contributed by atoms with Crippen molar-refractivity contribution in [2.75, 3.05) is 13.7 Å². The summed E-state index contributed by atoms with van der Waals surface area (Å²) in [7, 11) is 1.14. The molecule has 3 amide bonds. The fourth-order valence-electron chi connectivity index (χ4n) is 3.43. The van der Waals surface area contributed by atoms with E-state index in [1.165, 1.54) is 0 Å². The molecule has 0 aliphatic rings. The molecule has 0 saturated heterocycles. The lowest BCUT2D eigenvalue weighted by Gasteiger charge is -2.26. The van der Waals surface area contributed by atoms with Crippen LogP contribution in [0.3, 0.4) is 0 Å². The van der Waals surface area contributed by atoms with Gasteiger partial charge in [-0.2, -0.15) is 0 Å². The predicted molar refractivity (Wildman–Crippen MR) is 136 cm³/mol. The van der Waals surface area contributed by atoms with Crippen molar-refractivity contribution in [1.29, 1.82) is 0 Å². The molecule has 2 aromatic rings. The Morgan fingerprint density at radius 3 is 1.59 bits per heavy atom. The lowest BCUT2D eigenvalue weighted by atomic mass is 10.0. The molecular formula is C27H35N3O7. The number of nitrogens with one attached hydrogen (secondary N) is 3. The molecule has 10 nitrogen and oxygen atoms in total. The average Bonchev–Trinajstić information content (AvgIpc) is 2.86. The molecule has 0 aromatic heterocycles. The minimum absolute atomic E-state index is 0.0994. The Balaban J connectivity index is 2.28. The number of ether oxygens (including phenoxy) is 2. The Labute approximate surface area is 216 Å². The molecule has 0 aliphatic heterocycles. The number of alkyl carbamates (subject to hydrolysis) is 1. The number of hydrogen-bond donors (Lipinski definition) is 4. The second-order valence-corrected chi connectivity index (χ2v) is 9.41. The van der Waals surface area contributed by atoms with Gasteiger partial charge >= 0.3 is 12.1 Å². The van der Waals surface area contributed by atoms with Crippen LogP contribution in [0.15, 0.2) is 60.7 Å². The zero-order valence-corrected chi connectivity index (χ0v) is 21.5. The Hall–Kier alpha value is -3.92. The smallest absolute Gasteiger partial charge is 0.408 e. The highest BCUT2D eigenvalue weighted by molar-refractivity contribution is 5.93. The maximum Gasteiger partial charge on any atom is 0.408 e. The lowest BCUT2D eigenvalue weighted by molar-refractivity contribution is -0.146. The minimum atomic E-state index is -1.30. The number of amides is 3. The third-order valence-electron chi connectivity index (χ3n) is 5.19. The molecule has 0 spiro atoms. The van der Waals surface area contributed by atoms with Gasteiger partial charge in [-0.05, 0) is 31.9 Å². The van der Waals surface area contributed by atoms with Crippen LogP contribution in [0.4, 0.5) is 4.79 Å². The molecule has 3 atom stereocenters. The Morgan fingerprint density at radius 2 is 1.19 bits per heavy atom. The van der Waals surface area contributed by atoms with E-state index in [9.17, 15) is 24.3 Å². The van der Waals surface area contributed by atoms with Crippen molar-refractivity contribution >= 4 is 23.9 Å². The zero-order valence-electron chi connectivity index (χ0n) is 21.5. The summed E-state index contributed by atoms with van der Waals surface area (Å²) in [5.74, 6) is -2.14. The molecule has 0 aliphatic carbocycles. The van der Waals surface area contributed by atoms with Crippen LogP contribution in [0, 0.1) is 0 Å². The van der Waals surface area contributed by atoms with Gasteiger partial charge in [-0.25, -0.2) is 9.59 Å². The molecule has 2 aromatic carbocycles. The number of aliphatic hydroxyl groups excluding tert-OH is 1. The van der Waals surface area contributed by atoms with E-state index in [0.717, 1.165) is 18.2 Å². The van der Waals surface area contributed by atoms with E-state index < -0.39 is 54.2 Å². The number of carbonyl (C=O) groups excluding carboxylic acids is 4. The number of rotatable bonds is 11. The quantitative estimate of drug-likeness (QED) is 0.334. The van der Waals surface area contributed by atoms with E-state index in [1.807, 2.05) is 36.4 Å². The van der Waals surface area contributed by atoms with Gasteiger partial charge in [0.25, 0.3) is 0 Å². The summed E-state index contributed by atoms with van der Waals surface area (Å²) in [5.41, 5.74) is 0.760. The number of esters is 1. The van der Waals surface area contributed by atoms with Gasteiger partial charge in [0, 0.05) is 12.8 Å². The van der Waals surface area contributed by atoms with Crippen LogP contribution in [0.25, 0.3) is 0 Å². The monoisotopic (exact) mass is 513 g/mol. The first-order valence-corrected chi connectivity index (χ1v) is 11.9. The van der Waals surface area contributed by atoms with Crippen molar-refractivity contribution in [3.63, 3.8) is 0 Å². The number of hydrogen-bond acceptors (Lipinski definition) is 7. The van der Waals surface area contributed by atoms with Crippen molar-refractivity contribution in [1.82, 2.24) is 16.0 Å². The van der Waals surface area contributed by atoms with E-state index in [0.29, 0.717) is 0 Å². The van der Waals surface area contributed by atoms with Gasteiger partial charge in [-0.3, -0.25) is 9.59 Å². The van der Waals surface area contributed by atoms with Crippen LogP contribution in [-0.4, -0.2) is 66.4 Å². The summed E-state index contributed by atoms with van der Waals surface area (Å²) in [5, 5.41) is 17.2. The first-order chi connectivity index (χ1) is 17.5. The van der Waals surface area contributed by atoms with E-state index in [-0.39, 0.29) is 12.8 Å². The van der Waals surface area contributed by atoms with Gasteiger partial charge in [-0.1, -0.05) is 60.7 Å². The van der Waals surface area contributed by atoms with Crippen LogP contribution in [0.1, 0.15) is 31.9 Å². The van der Waals surface area contributed by atoms with Gasteiger partial charge in [0.15, 0.2) is 6.04 Å². The van der Waals surface area contributed by atoms with Crippen LogP contribution in [-0.2, 0) is 36.7 Å². The van der Waals surface area contributed by atoms with Gasteiger partial charge in [0.2, 0.25) is 11.8 Å². The number of methoxy groups -OCH3 is 1. The van der Waals surface area contributed by atoms with Crippen LogP contribution >= 0.6 is 0 Å². The molecule has 0 saturated carbocycles. The normalized spacial score (nSPS) is 13.4. The highest BCUT2D eigenvalue weighted by Gasteiger charge is 2.31. The summed E-state index contributed by atoms with van der Waals surface area (Å²) in [6.07, 6.45) is -0.534. The molecular weight excluding hydrogens is 478 g/mol. The molecule has 37 heavy (non-hydrogen) atoms. The first kappa shape index (κ1) is 29.3. The third kappa shape index (κ3) is 10.3. The highest BCUT2D eigenvalue weighted by atomic mass is 16.6. The number of carbonyl (C=O) groups is 4. The van der Waals surface area contributed by atoms with Crippen LogP contribution in [0.2, 0.25) is 0 Å². The van der Waals surface area contributed by atoms with Crippen molar-refractivity contribution < 1.29 is 33.8 Å². The maximum absolute atomic E-state index is 13.4. The van der Waals surface area contributed by atoms with Crippen LogP contribution in [0.5, 0.6) is 0 Å². The summed E-state index contributed by atoms with van der Waals surface area (Å²) in [4.78, 5) is 50.9. The molecule has 3 unspecified atom stereocenters. The topological polar surface area (TPSA) is 143 Å². The Bertz CT molecular complexity index is 1040.